The van der Waals surface area contributed by atoms with E-state index in [1.165, 1.54) is 6.92 Å². The third-order valence-corrected chi connectivity index (χ3v) is 4.75. The summed E-state index contributed by atoms with van der Waals surface area (Å²) < 4.78 is 32.3. The average molecular weight is 350 g/mol. The van der Waals surface area contributed by atoms with E-state index in [2.05, 4.69) is 4.37 Å². The topological polar surface area (TPSA) is 115 Å². The second kappa shape index (κ2) is 5.24. The van der Waals surface area contributed by atoms with Crippen LogP contribution < -0.4 is 4.94 Å². The van der Waals surface area contributed by atoms with Crippen LogP contribution in [0.25, 0.3) is 11.5 Å². The Bertz CT molecular complexity index is 896. The first-order chi connectivity index (χ1) is 9.62. The Morgan fingerprint density at radius 1 is 1.48 bits per heavy atom. The van der Waals surface area contributed by atoms with Gasteiger partial charge in [-0.25, -0.2) is 18.0 Å². The van der Waals surface area contributed by atoms with Crippen LogP contribution in [0.4, 0.5) is 0 Å². The number of nitrogens with zero attached hydrogens (tertiary/aromatic N) is 1. The number of aromatic nitrogens is 1. The van der Waals surface area contributed by atoms with Gasteiger partial charge in [-0.05, 0) is 18.6 Å². The van der Waals surface area contributed by atoms with Gasteiger partial charge in [0.05, 0.1) is 32.6 Å². The fourth-order valence-electron chi connectivity index (χ4n) is 1.89. The summed E-state index contributed by atoms with van der Waals surface area (Å²) in [5.41, 5.74) is -0.341. The van der Waals surface area contributed by atoms with E-state index in [4.69, 9.17) is 21.1 Å². The fourth-order valence-corrected chi connectivity index (χ4v) is 3.87. The van der Waals surface area contributed by atoms with Crippen LogP contribution in [0, 0.1) is 6.92 Å². The summed E-state index contributed by atoms with van der Waals surface area (Å²) in [6, 6.07) is 1.15. The molecule has 0 fully saturated rings. The number of rotatable bonds is 3. The van der Waals surface area contributed by atoms with Crippen molar-refractivity contribution in [1.29, 1.82) is 0 Å². The van der Waals surface area contributed by atoms with Gasteiger partial charge in [0.2, 0.25) is 5.89 Å². The normalized spacial score (nSPS) is 11.6. The van der Waals surface area contributed by atoms with Gasteiger partial charge >= 0.3 is 10.9 Å². The highest BCUT2D eigenvalue weighted by Crippen LogP contribution is 2.37. The molecule has 0 saturated heterocycles. The summed E-state index contributed by atoms with van der Waals surface area (Å²) in [5, 5.41) is 8.77. The number of halogens is 1. The van der Waals surface area contributed by atoms with E-state index in [1.807, 2.05) is 0 Å². The van der Waals surface area contributed by atoms with Gasteiger partial charge in [0.25, 0.3) is 0 Å². The van der Waals surface area contributed by atoms with Crippen molar-refractivity contribution < 1.29 is 22.7 Å². The molecule has 112 valence electrons. The molecule has 1 aromatic heterocycles. The number of sulfone groups is 1. The fraction of sp³-hybridized carbons (Fsp3) is 0.182. The van der Waals surface area contributed by atoms with Crippen LogP contribution in [0.5, 0.6) is 0 Å². The van der Waals surface area contributed by atoms with Gasteiger partial charge in [0.15, 0.2) is 9.84 Å². The molecule has 0 unspecified atom stereocenters. The predicted octanol–water partition coefficient (Wildman–Crippen LogP) is 1.83. The molecule has 10 heteroatoms. The molecule has 0 bridgehead atoms. The van der Waals surface area contributed by atoms with Crippen LogP contribution in [0.3, 0.4) is 0 Å². The van der Waals surface area contributed by atoms with Crippen molar-refractivity contribution in [3.63, 3.8) is 0 Å². The summed E-state index contributed by atoms with van der Waals surface area (Å²) in [6.07, 6.45) is 0.945. The molecule has 2 rings (SSSR count). The average Bonchev–Trinajstić information content (AvgIpc) is 2.75. The molecule has 0 aliphatic rings. The Morgan fingerprint density at radius 2 is 2.10 bits per heavy atom. The van der Waals surface area contributed by atoms with Crippen LogP contribution >= 0.6 is 23.1 Å². The van der Waals surface area contributed by atoms with Crippen molar-refractivity contribution in [2.75, 3.05) is 6.26 Å². The zero-order chi connectivity index (χ0) is 15.9. The zero-order valence-corrected chi connectivity index (χ0v) is 13.1. The van der Waals surface area contributed by atoms with Gasteiger partial charge in [0.1, 0.15) is 0 Å². The first kappa shape index (κ1) is 15.7. The minimum absolute atomic E-state index is 0.171. The van der Waals surface area contributed by atoms with Gasteiger partial charge in [-0.2, -0.15) is 0 Å². The maximum atomic E-state index is 11.9. The number of hydrogen-bond acceptors (Lipinski definition) is 7. The number of carbonyl (C=O) groups is 1. The molecule has 1 N–H and O–H groups in total. The monoisotopic (exact) mass is 349 g/mol. The Hall–Kier alpha value is -1.71. The Morgan fingerprint density at radius 3 is 2.52 bits per heavy atom. The van der Waals surface area contributed by atoms with Crippen molar-refractivity contribution in [3.8, 4) is 11.5 Å². The summed E-state index contributed by atoms with van der Waals surface area (Å²) in [4.78, 5) is 21.3. The smallest absolute Gasteiger partial charge is 0.414 e. The van der Waals surface area contributed by atoms with Crippen LogP contribution in [-0.2, 0) is 9.84 Å². The summed E-state index contributed by atoms with van der Waals surface area (Å²) >= 11 is 6.46. The molecule has 7 nitrogen and oxygen atoms in total. The highest BCUT2D eigenvalue weighted by atomic mass is 35.5. The SMILES string of the molecule is Cc1cc(C(=O)O)c(Cl)c(-c2nsc(=O)o2)c1S(C)(=O)=O. The van der Waals surface area contributed by atoms with E-state index >= 15 is 0 Å². The maximum Gasteiger partial charge on any atom is 0.414 e. The number of benzene rings is 1. The number of hydrogen-bond donors (Lipinski definition) is 1. The zero-order valence-electron chi connectivity index (χ0n) is 10.7. The number of aryl methyl sites for hydroxylation is 1. The molecule has 2 aromatic rings. The second-order valence-electron chi connectivity index (χ2n) is 4.18. The molecule has 0 spiro atoms. The lowest BCUT2D eigenvalue weighted by molar-refractivity contribution is 0.0697. The molecule has 1 aromatic carbocycles. The predicted molar refractivity (Wildman–Crippen MR) is 75.9 cm³/mol. The van der Waals surface area contributed by atoms with Crippen molar-refractivity contribution >= 4 is 38.9 Å². The molecular weight excluding hydrogens is 342 g/mol. The number of carboxylic acids is 1. The number of aromatic carboxylic acids is 1. The van der Waals surface area contributed by atoms with E-state index in [1.54, 1.807) is 0 Å². The molecule has 1 heterocycles. The first-order valence-electron chi connectivity index (χ1n) is 5.36. The molecule has 21 heavy (non-hydrogen) atoms. The van der Waals surface area contributed by atoms with Gasteiger partial charge in [0, 0.05) is 6.26 Å². The van der Waals surface area contributed by atoms with Crippen LogP contribution in [0.15, 0.2) is 20.2 Å². The van der Waals surface area contributed by atoms with Gasteiger partial charge in [-0.15, -0.1) is 4.37 Å². The van der Waals surface area contributed by atoms with Gasteiger partial charge in [-0.3, -0.25) is 0 Å². The van der Waals surface area contributed by atoms with E-state index in [0.717, 1.165) is 12.3 Å². The minimum atomic E-state index is -3.74. The van der Waals surface area contributed by atoms with Crippen molar-refractivity contribution in [1.82, 2.24) is 4.37 Å². The molecular formula is C11H8ClNO6S2. The van der Waals surface area contributed by atoms with Crippen LogP contribution in [-0.4, -0.2) is 30.1 Å². The van der Waals surface area contributed by atoms with E-state index in [0.29, 0.717) is 11.5 Å². The third-order valence-electron chi connectivity index (χ3n) is 2.60. The molecule has 0 aliphatic carbocycles. The lowest BCUT2D eigenvalue weighted by Crippen LogP contribution is -2.08. The minimum Gasteiger partial charge on any atom is -0.478 e. The maximum absolute atomic E-state index is 11.9. The van der Waals surface area contributed by atoms with E-state index in [-0.39, 0.29) is 32.5 Å². The third kappa shape index (κ3) is 2.85. The molecule has 0 amide bonds. The van der Waals surface area contributed by atoms with Gasteiger partial charge in [-0.1, -0.05) is 11.6 Å². The highest BCUT2D eigenvalue weighted by Gasteiger charge is 2.28. The first-order valence-corrected chi connectivity index (χ1v) is 8.41. The Balaban J connectivity index is 3.00. The molecule has 0 radical (unpaired) electrons. The Kier molecular flexibility index (Phi) is 3.91. The molecule has 0 saturated carbocycles. The standard InChI is InChI=1S/C11H8ClNO6S2/c1-4-3-5(10(14)15)7(12)6(8(4)21(2,17)18)9-13-20-11(16)19-9/h3H,1-2H3,(H,14,15). The van der Waals surface area contributed by atoms with E-state index in [9.17, 15) is 18.0 Å². The lowest BCUT2D eigenvalue weighted by atomic mass is 10.1. The lowest BCUT2D eigenvalue weighted by Gasteiger charge is -2.12. The molecule has 0 atom stereocenters. The highest BCUT2D eigenvalue weighted by molar-refractivity contribution is 7.91. The quantitative estimate of drug-likeness (QED) is 0.898. The van der Waals surface area contributed by atoms with Crippen LogP contribution in [0.2, 0.25) is 5.02 Å². The van der Waals surface area contributed by atoms with Gasteiger partial charge < -0.3 is 9.52 Å². The second-order valence-corrected chi connectivity index (χ2v) is 7.21. The summed E-state index contributed by atoms with van der Waals surface area (Å²) in [5.74, 6) is -1.65. The van der Waals surface area contributed by atoms with Crippen molar-refractivity contribution in [3.05, 3.63) is 31.9 Å². The molecule has 0 aliphatic heterocycles. The Labute approximate surface area is 127 Å². The van der Waals surface area contributed by atoms with Crippen molar-refractivity contribution in [2.24, 2.45) is 0 Å². The van der Waals surface area contributed by atoms with Crippen LogP contribution in [0.1, 0.15) is 15.9 Å². The largest absolute Gasteiger partial charge is 0.478 e. The summed E-state index contributed by atoms with van der Waals surface area (Å²) in [7, 11) is -3.74. The number of carboxylic acid groups (broad SMARTS) is 1. The van der Waals surface area contributed by atoms with Crippen molar-refractivity contribution in [2.45, 2.75) is 11.8 Å². The summed E-state index contributed by atoms with van der Waals surface area (Å²) in [6.45, 7) is 1.42. The van der Waals surface area contributed by atoms with E-state index < -0.39 is 20.7 Å².